The molecule has 0 aliphatic heterocycles. The van der Waals surface area contributed by atoms with Crippen LogP contribution in [0, 0.1) is 0 Å². The number of hydrogen-bond donors (Lipinski definition) is 1. The summed E-state index contributed by atoms with van der Waals surface area (Å²) >= 11 is 0. The van der Waals surface area contributed by atoms with Gasteiger partial charge in [0.1, 0.15) is 0 Å². The fraction of sp³-hybridized carbons (Fsp3) is 0.667. The largest absolute Gasteiger partial charge is 0.433 e. The summed E-state index contributed by atoms with van der Waals surface area (Å²) in [4.78, 5) is 11.9. The second-order valence-corrected chi connectivity index (χ2v) is 7.41. The number of nitrogens with one attached hydrogen (secondary N) is 1. The Morgan fingerprint density at radius 3 is 2.45 bits per heavy atom. The minimum absolute atomic E-state index is 0.0953. The Hall–Kier alpha value is -1.58. The summed E-state index contributed by atoms with van der Waals surface area (Å²) in [5.74, 6) is -1.41. The zero-order valence-electron chi connectivity index (χ0n) is 12.4. The minimum atomic E-state index is -4.73. The molecule has 0 fully saturated rings. The molecular weight excluding hydrogens is 323 g/mol. The van der Waals surface area contributed by atoms with Crippen LogP contribution in [-0.2, 0) is 16.0 Å². The van der Waals surface area contributed by atoms with Crippen molar-refractivity contribution in [3.8, 4) is 0 Å². The van der Waals surface area contributed by atoms with Crippen molar-refractivity contribution in [3.05, 3.63) is 17.5 Å². The van der Waals surface area contributed by atoms with E-state index in [2.05, 4.69) is 10.4 Å². The monoisotopic (exact) mass is 341 g/mol. The summed E-state index contributed by atoms with van der Waals surface area (Å²) in [7, 11) is -3.30. The van der Waals surface area contributed by atoms with Gasteiger partial charge in [0.25, 0.3) is 5.91 Å². The molecular formula is C12H18F3N3O3S. The highest BCUT2D eigenvalue weighted by Gasteiger charge is 2.40. The summed E-state index contributed by atoms with van der Waals surface area (Å²) < 4.78 is 62.6. The van der Waals surface area contributed by atoms with E-state index in [1.165, 1.54) is 20.8 Å². The minimum Gasteiger partial charge on any atom is -0.351 e. The fourth-order valence-electron chi connectivity index (χ4n) is 1.76. The normalized spacial score (nSPS) is 12.7. The first-order valence-corrected chi connectivity index (χ1v) is 8.45. The molecule has 0 saturated carbocycles. The second kappa shape index (κ2) is 6.67. The van der Waals surface area contributed by atoms with E-state index in [9.17, 15) is 26.4 Å². The highest BCUT2D eigenvalue weighted by atomic mass is 32.2. The highest BCUT2D eigenvalue weighted by Crippen LogP contribution is 2.33. The van der Waals surface area contributed by atoms with E-state index < -0.39 is 39.2 Å². The van der Waals surface area contributed by atoms with Crippen molar-refractivity contribution in [2.75, 3.05) is 18.1 Å². The molecule has 126 valence electrons. The molecule has 0 spiro atoms. The van der Waals surface area contributed by atoms with Crippen molar-refractivity contribution < 1.29 is 26.4 Å². The standard InChI is InChI=1S/C12H18F3N3O3S/c1-4-22(20,21)6-5-16-11(19)9-7-17-18(8(2)3)10(9)12(13,14)15/h7-8H,4-6H2,1-3H3,(H,16,19). The van der Waals surface area contributed by atoms with E-state index in [1.54, 1.807) is 0 Å². The molecule has 0 radical (unpaired) electrons. The fourth-order valence-corrected chi connectivity index (χ4v) is 2.46. The van der Waals surface area contributed by atoms with E-state index in [-0.39, 0.29) is 18.1 Å². The predicted octanol–water partition coefficient (Wildman–Crippen LogP) is 1.65. The summed E-state index contributed by atoms with van der Waals surface area (Å²) in [6, 6.07) is -0.571. The van der Waals surface area contributed by atoms with Gasteiger partial charge in [-0.15, -0.1) is 0 Å². The van der Waals surface area contributed by atoms with E-state index in [0.717, 1.165) is 10.9 Å². The molecule has 0 saturated heterocycles. The van der Waals surface area contributed by atoms with E-state index in [1.807, 2.05) is 0 Å². The van der Waals surface area contributed by atoms with Crippen LogP contribution in [0.15, 0.2) is 6.20 Å². The molecule has 1 N–H and O–H groups in total. The molecule has 0 bridgehead atoms. The van der Waals surface area contributed by atoms with Crippen molar-refractivity contribution in [2.24, 2.45) is 0 Å². The zero-order chi connectivity index (χ0) is 17.1. The van der Waals surface area contributed by atoms with Gasteiger partial charge in [-0.2, -0.15) is 18.3 Å². The number of nitrogens with zero attached hydrogens (tertiary/aromatic N) is 2. The molecule has 0 unspecified atom stereocenters. The van der Waals surface area contributed by atoms with Gasteiger partial charge in [0.05, 0.1) is 17.5 Å². The van der Waals surface area contributed by atoms with Crippen molar-refractivity contribution in [2.45, 2.75) is 33.0 Å². The van der Waals surface area contributed by atoms with Crippen LogP contribution in [0.1, 0.15) is 42.9 Å². The lowest BCUT2D eigenvalue weighted by Gasteiger charge is -2.15. The van der Waals surface area contributed by atoms with Crippen LogP contribution in [-0.4, -0.2) is 42.2 Å². The Kier molecular flexibility index (Phi) is 5.60. The SMILES string of the molecule is CCS(=O)(=O)CCNC(=O)c1cnn(C(C)C)c1C(F)(F)F. The van der Waals surface area contributed by atoms with Gasteiger partial charge in [-0.25, -0.2) is 8.42 Å². The van der Waals surface area contributed by atoms with E-state index in [4.69, 9.17) is 0 Å². The number of sulfone groups is 1. The Balaban J connectivity index is 2.95. The molecule has 6 nitrogen and oxygen atoms in total. The quantitative estimate of drug-likeness (QED) is 0.853. The number of amides is 1. The Morgan fingerprint density at radius 1 is 1.41 bits per heavy atom. The summed E-state index contributed by atoms with van der Waals surface area (Å²) in [6.45, 7) is 4.22. The summed E-state index contributed by atoms with van der Waals surface area (Å²) in [5.41, 5.74) is -1.76. The van der Waals surface area contributed by atoms with Crippen molar-refractivity contribution in [1.29, 1.82) is 0 Å². The number of alkyl halides is 3. The molecule has 1 heterocycles. The van der Waals surface area contributed by atoms with Crippen LogP contribution in [0.4, 0.5) is 13.2 Å². The number of aromatic nitrogens is 2. The smallest absolute Gasteiger partial charge is 0.351 e. The molecule has 1 aromatic rings. The average Bonchev–Trinajstić information content (AvgIpc) is 2.83. The third kappa shape index (κ3) is 4.46. The van der Waals surface area contributed by atoms with Crippen molar-refractivity contribution in [1.82, 2.24) is 15.1 Å². The van der Waals surface area contributed by atoms with Gasteiger partial charge in [-0.1, -0.05) is 6.92 Å². The molecule has 1 rings (SSSR count). The molecule has 22 heavy (non-hydrogen) atoms. The van der Waals surface area contributed by atoms with Crippen LogP contribution in [0.2, 0.25) is 0 Å². The maximum atomic E-state index is 13.1. The van der Waals surface area contributed by atoms with Gasteiger partial charge >= 0.3 is 6.18 Å². The topological polar surface area (TPSA) is 81.1 Å². The van der Waals surface area contributed by atoms with Crippen LogP contribution in [0.3, 0.4) is 0 Å². The third-order valence-electron chi connectivity index (χ3n) is 2.94. The van der Waals surface area contributed by atoms with E-state index >= 15 is 0 Å². The molecule has 0 atom stereocenters. The summed E-state index contributed by atoms with van der Waals surface area (Å²) in [5, 5.41) is 5.78. The highest BCUT2D eigenvalue weighted by molar-refractivity contribution is 7.91. The van der Waals surface area contributed by atoms with Gasteiger partial charge in [0.15, 0.2) is 15.5 Å². The molecule has 1 aromatic heterocycles. The predicted molar refractivity (Wildman–Crippen MR) is 74.3 cm³/mol. The maximum absolute atomic E-state index is 13.1. The number of rotatable bonds is 6. The lowest BCUT2D eigenvalue weighted by molar-refractivity contribution is -0.145. The Bertz CT molecular complexity index is 636. The van der Waals surface area contributed by atoms with E-state index in [0.29, 0.717) is 0 Å². The number of halogens is 3. The first-order chi connectivity index (χ1) is 9.99. The first kappa shape index (κ1) is 18.5. The van der Waals surface area contributed by atoms with Gasteiger partial charge < -0.3 is 5.32 Å². The lowest BCUT2D eigenvalue weighted by Crippen LogP contribution is -2.31. The van der Waals surface area contributed by atoms with Crippen LogP contribution >= 0.6 is 0 Å². The summed E-state index contributed by atoms with van der Waals surface area (Å²) in [6.07, 6.45) is -3.89. The van der Waals surface area contributed by atoms with Crippen molar-refractivity contribution >= 4 is 15.7 Å². The van der Waals surface area contributed by atoms with Gasteiger partial charge in [-0.3, -0.25) is 9.48 Å². The number of hydrogen-bond acceptors (Lipinski definition) is 4. The van der Waals surface area contributed by atoms with Crippen LogP contribution in [0.5, 0.6) is 0 Å². The zero-order valence-corrected chi connectivity index (χ0v) is 13.3. The van der Waals surface area contributed by atoms with Crippen LogP contribution in [0.25, 0.3) is 0 Å². The van der Waals surface area contributed by atoms with Gasteiger partial charge in [-0.05, 0) is 13.8 Å². The Labute approximate surface area is 126 Å². The average molecular weight is 341 g/mol. The van der Waals surface area contributed by atoms with Crippen molar-refractivity contribution in [3.63, 3.8) is 0 Å². The first-order valence-electron chi connectivity index (χ1n) is 6.63. The second-order valence-electron chi connectivity index (χ2n) is 4.94. The molecule has 0 aromatic carbocycles. The third-order valence-corrected chi connectivity index (χ3v) is 4.64. The molecule has 10 heteroatoms. The lowest BCUT2D eigenvalue weighted by atomic mass is 10.2. The number of carbonyl (C=O) groups is 1. The molecule has 1 amide bonds. The number of carbonyl (C=O) groups excluding carboxylic acids is 1. The van der Waals surface area contributed by atoms with Gasteiger partial charge in [0, 0.05) is 18.3 Å². The maximum Gasteiger partial charge on any atom is 0.433 e. The Morgan fingerprint density at radius 2 is 2.00 bits per heavy atom. The molecule has 0 aliphatic carbocycles. The van der Waals surface area contributed by atoms with Crippen LogP contribution < -0.4 is 5.32 Å². The van der Waals surface area contributed by atoms with Gasteiger partial charge in [0.2, 0.25) is 0 Å². The molecule has 0 aliphatic rings.